The van der Waals surface area contributed by atoms with Crippen LogP contribution in [0.4, 0.5) is 0 Å². The van der Waals surface area contributed by atoms with Gasteiger partial charge in [0.05, 0.1) is 6.61 Å². The molecule has 4 heteroatoms. The van der Waals surface area contributed by atoms with E-state index in [1.165, 1.54) is 6.42 Å². The fraction of sp³-hybridized carbons (Fsp3) is 1.00. The molecule has 16 heavy (non-hydrogen) atoms. The molecule has 0 aromatic carbocycles. The van der Waals surface area contributed by atoms with Crippen LogP contribution >= 0.6 is 0 Å². The molecule has 1 N–H and O–H groups in total. The Hall–Kier alpha value is -0.160. The van der Waals surface area contributed by atoms with Gasteiger partial charge < -0.3 is 19.7 Å². The van der Waals surface area contributed by atoms with Crippen molar-refractivity contribution in [3.8, 4) is 0 Å². The van der Waals surface area contributed by atoms with E-state index in [-0.39, 0.29) is 0 Å². The summed E-state index contributed by atoms with van der Waals surface area (Å²) >= 11 is 0. The molecule has 0 bridgehead atoms. The predicted octanol–water partition coefficient (Wildman–Crippen LogP) is 0.971. The molecule has 4 nitrogen and oxygen atoms in total. The van der Waals surface area contributed by atoms with Crippen LogP contribution in [0.15, 0.2) is 0 Å². The van der Waals surface area contributed by atoms with E-state index in [4.69, 9.17) is 9.47 Å². The highest BCUT2D eigenvalue weighted by molar-refractivity contribution is 4.54. The smallest absolute Gasteiger partial charge is 0.0593 e. The van der Waals surface area contributed by atoms with Gasteiger partial charge in [0.25, 0.3) is 0 Å². The third-order valence-electron chi connectivity index (χ3n) is 2.35. The summed E-state index contributed by atoms with van der Waals surface area (Å²) in [5.74, 6) is 0. The molecule has 0 aliphatic heterocycles. The van der Waals surface area contributed by atoms with E-state index >= 15 is 0 Å². The maximum atomic E-state index is 5.49. The highest BCUT2D eigenvalue weighted by Gasteiger charge is 1.97. The van der Waals surface area contributed by atoms with Crippen molar-refractivity contribution in [1.29, 1.82) is 0 Å². The van der Waals surface area contributed by atoms with Gasteiger partial charge >= 0.3 is 0 Å². The lowest BCUT2D eigenvalue weighted by atomic mass is 10.4. The first kappa shape index (κ1) is 15.8. The van der Waals surface area contributed by atoms with Crippen LogP contribution in [0.5, 0.6) is 0 Å². The van der Waals surface area contributed by atoms with Crippen molar-refractivity contribution >= 4 is 0 Å². The topological polar surface area (TPSA) is 33.7 Å². The Morgan fingerprint density at radius 1 is 1.06 bits per heavy atom. The Balaban J connectivity index is 3.08. The Kier molecular flexibility index (Phi) is 12.8. The number of rotatable bonds is 12. The monoisotopic (exact) mass is 232 g/mol. The summed E-state index contributed by atoms with van der Waals surface area (Å²) in [5, 5.41) is 3.39. The van der Waals surface area contributed by atoms with E-state index in [0.29, 0.717) is 0 Å². The van der Waals surface area contributed by atoms with Gasteiger partial charge in [-0.2, -0.15) is 0 Å². The van der Waals surface area contributed by atoms with Gasteiger partial charge in [-0.05, 0) is 26.4 Å². The lowest BCUT2D eigenvalue weighted by molar-refractivity contribution is 0.0889. The molecule has 0 spiro atoms. The lowest BCUT2D eigenvalue weighted by Crippen LogP contribution is -2.31. The summed E-state index contributed by atoms with van der Waals surface area (Å²) in [6.07, 6.45) is 2.19. The molecule has 0 amide bonds. The van der Waals surface area contributed by atoms with Crippen molar-refractivity contribution in [2.75, 3.05) is 60.2 Å². The lowest BCUT2D eigenvalue weighted by Gasteiger charge is -2.16. The molecule has 0 aromatic heterocycles. The van der Waals surface area contributed by atoms with E-state index in [2.05, 4.69) is 24.2 Å². The summed E-state index contributed by atoms with van der Waals surface area (Å²) in [5.41, 5.74) is 0. The second-order valence-corrected chi connectivity index (χ2v) is 4.01. The van der Waals surface area contributed by atoms with Crippen LogP contribution in [-0.4, -0.2) is 65.1 Å². The molecule has 0 saturated heterocycles. The molecule has 0 aromatic rings. The normalized spacial score (nSPS) is 11.2. The molecule has 0 heterocycles. The Labute approximate surface area is 100 Å². The average Bonchev–Trinajstić information content (AvgIpc) is 2.29. The molecule has 98 valence electrons. The van der Waals surface area contributed by atoms with Gasteiger partial charge in [-0.25, -0.2) is 0 Å². The molecule has 0 aliphatic carbocycles. The van der Waals surface area contributed by atoms with Crippen LogP contribution in [0.1, 0.15) is 19.8 Å². The van der Waals surface area contributed by atoms with E-state index in [0.717, 1.165) is 52.4 Å². The third kappa shape index (κ3) is 11.9. The van der Waals surface area contributed by atoms with Crippen molar-refractivity contribution in [3.05, 3.63) is 0 Å². The molecular formula is C12H28N2O2. The van der Waals surface area contributed by atoms with E-state index < -0.39 is 0 Å². The number of nitrogens with zero attached hydrogens (tertiary/aromatic N) is 1. The predicted molar refractivity (Wildman–Crippen MR) is 68.0 cm³/mol. The molecule has 0 saturated carbocycles. The minimum atomic E-state index is 0.788. The Morgan fingerprint density at radius 3 is 2.56 bits per heavy atom. The van der Waals surface area contributed by atoms with Crippen LogP contribution in [0, 0.1) is 0 Å². The Bertz CT molecular complexity index is 134. The summed E-state index contributed by atoms with van der Waals surface area (Å²) in [6.45, 7) is 8.85. The standard InChI is InChI=1S/C12H28N2O2/c1-4-6-13-7-8-14(2)9-12-16-11-5-10-15-3/h13H,4-12H2,1-3H3. The first-order valence-electron chi connectivity index (χ1n) is 6.27. The highest BCUT2D eigenvalue weighted by atomic mass is 16.5. The van der Waals surface area contributed by atoms with Crippen molar-refractivity contribution in [2.24, 2.45) is 0 Å². The van der Waals surface area contributed by atoms with E-state index in [1.54, 1.807) is 7.11 Å². The summed E-state index contributed by atoms with van der Waals surface area (Å²) in [6, 6.07) is 0. The summed E-state index contributed by atoms with van der Waals surface area (Å²) in [4.78, 5) is 2.29. The number of likely N-dealkylation sites (N-methyl/N-ethyl adjacent to an activating group) is 1. The van der Waals surface area contributed by atoms with Crippen LogP contribution in [-0.2, 0) is 9.47 Å². The van der Waals surface area contributed by atoms with Gasteiger partial charge in [0, 0.05) is 40.0 Å². The van der Waals surface area contributed by atoms with E-state index in [1.807, 2.05) is 0 Å². The van der Waals surface area contributed by atoms with Gasteiger partial charge in [-0.3, -0.25) is 0 Å². The van der Waals surface area contributed by atoms with Crippen LogP contribution in [0.3, 0.4) is 0 Å². The summed E-state index contributed by atoms with van der Waals surface area (Å²) < 4.78 is 10.4. The first-order valence-corrected chi connectivity index (χ1v) is 6.27. The van der Waals surface area contributed by atoms with Gasteiger partial charge in [0.1, 0.15) is 0 Å². The van der Waals surface area contributed by atoms with Gasteiger partial charge in [0.2, 0.25) is 0 Å². The maximum absolute atomic E-state index is 5.49. The quantitative estimate of drug-likeness (QED) is 0.508. The van der Waals surface area contributed by atoms with E-state index in [9.17, 15) is 0 Å². The maximum Gasteiger partial charge on any atom is 0.0593 e. The highest BCUT2D eigenvalue weighted by Crippen LogP contribution is 1.86. The second kappa shape index (κ2) is 12.9. The molecule has 0 fully saturated rings. The zero-order valence-corrected chi connectivity index (χ0v) is 11.1. The van der Waals surface area contributed by atoms with Crippen molar-refractivity contribution in [2.45, 2.75) is 19.8 Å². The molecule has 0 aliphatic rings. The average molecular weight is 232 g/mol. The first-order chi connectivity index (χ1) is 7.81. The Morgan fingerprint density at radius 2 is 1.88 bits per heavy atom. The number of nitrogens with one attached hydrogen (secondary N) is 1. The molecule has 0 radical (unpaired) electrons. The third-order valence-corrected chi connectivity index (χ3v) is 2.35. The van der Waals surface area contributed by atoms with Crippen molar-refractivity contribution in [3.63, 3.8) is 0 Å². The second-order valence-electron chi connectivity index (χ2n) is 4.01. The fourth-order valence-corrected chi connectivity index (χ4v) is 1.31. The molecule has 0 atom stereocenters. The minimum absolute atomic E-state index is 0.788. The van der Waals surface area contributed by atoms with Gasteiger partial charge in [-0.1, -0.05) is 6.92 Å². The molecule has 0 rings (SSSR count). The molecular weight excluding hydrogens is 204 g/mol. The fourth-order valence-electron chi connectivity index (χ4n) is 1.31. The number of hydrogen-bond donors (Lipinski definition) is 1. The zero-order chi connectivity index (χ0) is 12.1. The molecule has 0 unspecified atom stereocenters. The largest absolute Gasteiger partial charge is 0.385 e. The number of methoxy groups -OCH3 is 1. The van der Waals surface area contributed by atoms with Crippen LogP contribution < -0.4 is 5.32 Å². The SMILES string of the molecule is CCCNCCN(C)CCOCCCOC. The van der Waals surface area contributed by atoms with Crippen molar-refractivity contribution in [1.82, 2.24) is 10.2 Å². The van der Waals surface area contributed by atoms with Crippen LogP contribution in [0.25, 0.3) is 0 Å². The van der Waals surface area contributed by atoms with Crippen LogP contribution in [0.2, 0.25) is 0 Å². The van der Waals surface area contributed by atoms with Gasteiger partial charge in [0.15, 0.2) is 0 Å². The number of ether oxygens (including phenoxy) is 2. The minimum Gasteiger partial charge on any atom is -0.385 e. The number of hydrogen-bond acceptors (Lipinski definition) is 4. The zero-order valence-electron chi connectivity index (χ0n) is 11.1. The van der Waals surface area contributed by atoms with Gasteiger partial charge in [-0.15, -0.1) is 0 Å². The van der Waals surface area contributed by atoms with Crippen molar-refractivity contribution < 1.29 is 9.47 Å². The summed E-state index contributed by atoms with van der Waals surface area (Å²) in [7, 11) is 3.85.